The van der Waals surface area contributed by atoms with E-state index in [9.17, 15) is 0 Å². The number of benzene rings is 1. The van der Waals surface area contributed by atoms with Crippen LogP contribution in [-0.4, -0.2) is 9.79 Å². The molecule has 0 aliphatic heterocycles. The minimum absolute atomic E-state index is 1.37. The monoisotopic (exact) mass is 416 g/mol. The van der Waals surface area contributed by atoms with Crippen LogP contribution in [-0.2, 0) is 4.57 Å². The molecule has 0 atom stereocenters. The number of hydrogen-bond donors (Lipinski definition) is 2. The van der Waals surface area contributed by atoms with E-state index in [-0.39, 0.29) is 0 Å². The van der Waals surface area contributed by atoms with Gasteiger partial charge in [0.25, 0.3) is 0 Å². The normalized spacial score (nSPS) is 9.39. The summed E-state index contributed by atoms with van der Waals surface area (Å²) >= 11 is 0. The molecule has 1 rings (SSSR count). The van der Waals surface area contributed by atoms with Crippen molar-refractivity contribution in [3.05, 3.63) is 36.4 Å². The summed E-state index contributed by atoms with van der Waals surface area (Å²) in [5.41, 5.74) is 0. The van der Waals surface area contributed by atoms with E-state index in [1.54, 1.807) is 0 Å². The molecule has 0 amide bonds. The molecule has 3 nitrogen and oxygen atoms in total. The van der Waals surface area contributed by atoms with Crippen LogP contribution in [0.1, 0.15) is 118 Å². The standard InChI is InChI=1S/2C9H20.C6H6.H3O3P/c2*1-3-5-7-9-8-6-4-2;1-2-4-6-5-3-1;1-4(2)3/h2*3-9H2,1-2H3;1-6H;4H,(H2,1,2,3). The topological polar surface area (TPSA) is 57.5 Å². The molecular formula is C24H49O3P. The molecular weight excluding hydrogens is 367 g/mol. The Morgan fingerprint density at radius 1 is 0.464 bits per heavy atom. The van der Waals surface area contributed by atoms with Crippen LogP contribution in [0.4, 0.5) is 0 Å². The van der Waals surface area contributed by atoms with Crippen molar-refractivity contribution in [2.75, 3.05) is 0 Å². The van der Waals surface area contributed by atoms with E-state index in [0.29, 0.717) is 0 Å². The van der Waals surface area contributed by atoms with Crippen LogP contribution < -0.4 is 0 Å². The third-order valence-electron chi connectivity index (χ3n) is 4.08. The Hall–Kier alpha value is -0.630. The third-order valence-corrected chi connectivity index (χ3v) is 4.08. The van der Waals surface area contributed by atoms with E-state index in [4.69, 9.17) is 14.4 Å². The van der Waals surface area contributed by atoms with E-state index in [2.05, 4.69) is 27.7 Å². The van der Waals surface area contributed by atoms with Crippen molar-refractivity contribution >= 4 is 8.25 Å². The minimum Gasteiger partial charge on any atom is -0.326 e. The third kappa shape index (κ3) is 49.9. The maximum absolute atomic E-state index is 8.74. The Labute approximate surface area is 176 Å². The SMILES string of the molecule is CCCCCCCCC.CCCCCCCCC.O=[PH](O)O.c1ccccc1. The van der Waals surface area contributed by atoms with Gasteiger partial charge in [0.05, 0.1) is 0 Å². The Kier molecular flexibility index (Phi) is 38.8. The first-order valence-electron chi connectivity index (χ1n) is 11.5. The van der Waals surface area contributed by atoms with Crippen molar-refractivity contribution in [3.63, 3.8) is 0 Å². The first-order valence-corrected chi connectivity index (χ1v) is 12.8. The summed E-state index contributed by atoms with van der Waals surface area (Å²) in [5.74, 6) is 0. The molecule has 0 aliphatic carbocycles. The zero-order valence-electron chi connectivity index (χ0n) is 19.2. The van der Waals surface area contributed by atoms with Crippen LogP contribution in [0.2, 0.25) is 0 Å². The molecule has 0 saturated carbocycles. The van der Waals surface area contributed by atoms with E-state index in [0.717, 1.165) is 0 Å². The van der Waals surface area contributed by atoms with Gasteiger partial charge < -0.3 is 9.79 Å². The van der Waals surface area contributed by atoms with Gasteiger partial charge in [-0.2, -0.15) is 0 Å². The van der Waals surface area contributed by atoms with Gasteiger partial charge in [0, 0.05) is 0 Å². The quantitative estimate of drug-likeness (QED) is 0.265. The lowest BCUT2D eigenvalue weighted by Crippen LogP contribution is -1.76. The van der Waals surface area contributed by atoms with Crippen molar-refractivity contribution in [3.8, 4) is 0 Å². The Balaban J connectivity index is -0.000000310. The van der Waals surface area contributed by atoms with E-state index < -0.39 is 8.25 Å². The molecule has 0 bridgehead atoms. The molecule has 4 heteroatoms. The molecule has 0 saturated heterocycles. The Morgan fingerprint density at radius 3 is 0.750 bits per heavy atom. The molecule has 0 radical (unpaired) electrons. The van der Waals surface area contributed by atoms with Gasteiger partial charge >= 0.3 is 8.25 Å². The lowest BCUT2D eigenvalue weighted by Gasteiger charge is -1.96. The summed E-state index contributed by atoms with van der Waals surface area (Å²) in [6, 6.07) is 12.0. The highest BCUT2D eigenvalue weighted by Gasteiger charge is 1.86. The summed E-state index contributed by atoms with van der Waals surface area (Å²) in [5, 5.41) is 0. The van der Waals surface area contributed by atoms with E-state index in [1.807, 2.05) is 36.4 Å². The van der Waals surface area contributed by atoms with Crippen molar-refractivity contribution in [1.29, 1.82) is 0 Å². The van der Waals surface area contributed by atoms with Crippen molar-refractivity contribution in [2.45, 2.75) is 118 Å². The predicted molar refractivity (Wildman–Crippen MR) is 127 cm³/mol. The first-order chi connectivity index (χ1) is 13.6. The molecule has 28 heavy (non-hydrogen) atoms. The van der Waals surface area contributed by atoms with Gasteiger partial charge in [-0.15, -0.1) is 0 Å². The zero-order chi connectivity index (χ0) is 21.7. The van der Waals surface area contributed by atoms with Crippen LogP contribution in [0.3, 0.4) is 0 Å². The van der Waals surface area contributed by atoms with Gasteiger partial charge in [-0.3, -0.25) is 4.57 Å². The second-order valence-electron chi connectivity index (χ2n) is 6.97. The van der Waals surface area contributed by atoms with Crippen LogP contribution in [0.15, 0.2) is 36.4 Å². The smallest absolute Gasteiger partial charge is 0.314 e. The lowest BCUT2D eigenvalue weighted by molar-refractivity contribution is 0.405. The highest BCUT2D eigenvalue weighted by Crippen LogP contribution is 2.06. The van der Waals surface area contributed by atoms with Crippen molar-refractivity contribution in [1.82, 2.24) is 0 Å². The van der Waals surface area contributed by atoms with Crippen LogP contribution in [0.5, 0.6) is 0 Å². The van der Waals surface area contributed by atoms with Gasteiger partial charge in [0.1, 0.15) is 0 Å². The maximum atomic E-state index is 8.74. The molecule has 1 aromatic rings. The van der Waals surface area contributed by atoms with Gasteiger partial charge in [-0.25, -0.2) is 0 Å². The largest absolute Gasteiger partial charge is 0.326 e. The predicted octanol–water partition coefficient (Wildman–Crippen LogP) is 8.56. The fourth-order valence-electron chi connectivity index (χ4n) is 2.45. The molecule has 0 unspecified atom stereocenters. The molecule has 0 heterocycles. The maximum Gasteiger partial charge on any atom is 0.314 e. The molecule has 1 aromatic carbocycles. The van der Waals surface area contributed by atoms with Gasteiger partial charge in [-0.05, 0) is 0 Å². The number of unbranched alkanes of at least 4 members (excludes halogenated alkanes) is 12. The van der Waals surface area contributed by atoms with Crippen LogP contribution in [0.25, 0.3) is 0 Å². The van der Waals surface area contributed by atoms with Crippen LogP contribution >= 0.6 is 8.25 Å². The molecule has 168 valence electrons. The van der Waals surface area contributed by atoms with Gasteiger partial charge in [-0.1, -0.05) is 154 Å². The van der Waals surface area contributed by atoms with E-state index in [1.165, 1.54) is 89.9 Å². The average Bonchev–Trinajstić information content (AvgIpc) is 2.70. The summed E-state index contributed by atoms with van der Waals surface area (Å²) in [6.45, 7) is 9.05. The number of rotatable bonds is 12. The highest BCUT2D eigenvalue weighted by molar-refractivity contribution is 7.30. The van der Waals surface area contributed by atoms with Gasteiger partial charge in [0.2, 0.25) is 0 Å². The highest BCUT2D eigenvalue weighted by atomic mass is 31.1. The molecule has 0 fully saturated rings. The summed E-state index contributed by atoms with van der Waals surface area (Å²) in [6.07, 6.45) is 19.9. The van der Waals surface area contributed by atoms with Crippen LogP contribution in [0, 0.1) is 0 Å². The van der Waals surface area contributed by atoms with E-state index >= 15 is 0 Å². The zero-order valence-corrected chi connectivity index (χ0v) is 20.2. The molecule has 2 N–H and O–H groups in total. The first kappa shape index (κ1) is 32.0. The van der Waals surface area contributed by atoms with Crippen molar-refractivity contribution in [2.24, 2.45) is 0 Å². The average molecular weight is 417 g/mol. The summed E-state index contributed by atoms with van der Waals surface area (Å²) in [7, 11) is -3.13. The van der Waals surface area contributed by atoms with Crippen molar-refractivity contribution < 1.29 is 14.4 Å². The Bertz CT molecular complexity index is 301. The second kappa shape index (κ2) is 33.9. The molecule has 0 spiro atoms. The summed E-state index contributed by atoms with van der Waals surface area (Å²) < 4.78 is 8.74. The fraction of sp³-hybridized carbons (Fsp3) is 0.750. The molecule has 0 aliphatic rings. The minimum atomic E-state index is -3.13. The number of hydrogen-bond acceptors (Lipinski definition) is 1. The van der Waals surface area contributed by atoms with Gasteiger partial charge in [0.15, 0.2) is 0 Å². The molecule has 0 aromatic heterocycles. The second-order valence-corrected chi connectivity index (χ2v) is 7.54. The fourth-order valence-corrected chi connectivity index (χ4v) is 2.45. The summed E-state index contributed by atoms with van der Waals surface area (Å²) in [4.78, 5) is 14.3. The Morgan fingerprint density at radius 2 is 0.607 bits per heavy atom. The lowest BCUT2D eigenvalue weighted by atomic mass is 10.1.